The molecule has 2 amide bonds. The molecule has 1 aliphatic heterocycles. The molecule has 1 saturated heterocycles. The van der Waals surface area contributed by atoms with Crippen LogP contribution < -0.4 is 11.1 Å². The molecule has 3 unspecified atom stereocenters. The predicted molar refractivity (Wildman–Crippen MR) is 141 cm³/mol. The molecule has 0 aliphatic carbocycles. The first-order valence-electron chi connectivity index (χ1n) is 14.4. The van der Waals surface area contributed by atoms with Gasteiger partial charge in [0.15, 0.2) is 6.29 Å². The number of carbonyl (C=O) groups excluding carboxylic acids is 2. The summed E-state index contributed by atoms with van der Waals surface area (Å²) in [5, 5.41) is 2.82. The Kier molecular flexibility index (Phi) is 20.1. The average molecular weight is 499 g/mol. The van der Waals surface area contributed by atoms with E-state index in [1.807, 2.05) is 0 Å². The van der Waals surface area contributed by atoms with Crippen LogP contribution in [0, 0.1) is 5.92 Å². The highest BCUT2D eigenvalue weighted by atomic mass is 16.7. The molecule has 35 heavy (non-hydrogen) atoms. The Labute approximate surface area is 214 Å². The SMILES string of the molecule is CCCCCCCCCCCCC(CC)CCOCC(COC1CCCCO1)NC(=O)CC(N)=O. The minimum Gasteiger partial charge on any atom is -0.379 e. The Morgan fingerprint density at radius 3 is 2.23 bits per heavy atom. The molecular weight excluding hydrogens is 444 g/mol. The number of amides is 2. The van der Waals surface area contributed by atoms with Crippen molar-refractivity contribution in [3.8, 4) is 0 Å². The predicted octanol–water partition coefficient (Wildman–Crippen LogP) is 5.63. The molecule has 1 heterocycles. The van der Waals surface area contributed by atoms with E-state index in [0.717, 1.165) is 25.7 Å². The maximum Gasteiger partial charge on any atom is 0.229 e. The number of rotatable bonds is 23. The van der Waals surface area contributed by atoms with E-state index in [2.05, 4.69) is 19.2 Å². The van der Waals surface area contributed by atoms with Gasteiger partial charge >= 0.3 is 0 Å². The maximum atomic E-state index is 12.0. The lowest BCUT2D eigenvalue weighted by atomic mass is 9.95. The second kappa shape index (κ2) is 22.1. The highest BCUT2D eigenvalue weighted by Gasteiger charge is 2.19. The van der Waals surface area contributed by atoms with E-state index in [-0.39, 0.29) is 18.8 Å². The Bertz CT molecular complexity index is 525. The van der Waals surface area contributed by atoms with E-state index >= 15 is 0 Å². The Balaban J connectivity index is 2.19. The van der Waals surface area contributed by atoms with Gasteiger partial charge in [-0.2, -0.15) is 0 Å². The van der Waals surface area contributed by atoms with Gasteiger partial charge in [-0.1, -0.05) is 90.9 Å². The summed E-state index contributed by atoms with van der Waals surface area (Å²) in [5.41, 5.74) is 5.14. The van der Waals surface area contributed by atoms with Gasteiger partial charge in [0.25, 0.3) is 0 Å². The van der Waals surface area contributed by atoms with Crippen LogP contribution in [-0.2, 0) is 23.8 Å². The number of hydrogen-bond acceptors (Lipinski definition) is 5. The van der Waals surface area contributed by atoms with Gasteiger partial charge in [0, 0.05) is 13.2 Å². The van der Waals surface area contributed by atoms with Crippen molar-refractivity contribution in [2.75, 3.05) is 26.4 Å². The summed E-state index contributed by atoms with van der Waals surface area (Å²) >= 11 is 0. The van der Waals surface area contributed by atoms with Gasteiger partial charge in [-0.05, 0) is 31.6 Å². The lowest BCUT2D eigenvalue weighted by Gasteiger charge is -2.26. The highest BCUT2D eigenvalue weighted by Crippen LogP contribution is 2.19. The van der Waals surface area contributed by atoms with Crippen molar-refractivity contribution in [3.05, 3.63) is 0 Å². The molecule has 1 aliphatic rings. The first kappa shape index (κ1) is 31.8. The first-order valence-corrected chi connectivity index (χ1v) is 14.4. The number of hydrogen-bond donors (Lipinski definition) is 2. The molecule has 0 aromatic rings. The highest BCUT2D eigenvalue weighted by molar-refractivity contribution is 5.96. The number of primary amides is 1. The van der Waals surface area contributed by atoms with Gasteiger partial charge in [-0.3, -0.25) is 9.59 Å². The van der Waals surface area contributed by atoms with Crippen molar-refractivity contribution in [1.29, 1.82) is 0 Å². The third-order valence-corrected chi connectivity index (χ3v) is 6.85. The molecule has 0 aromatic heterocycles. The normalized spacial score (nSPS) is 17.7. The molecule has 206 valence electrons. The van der Waals surface area contributed by atoms with Crippen LogP contribution in [-0.4, -0.2) is 50.6 Å². The molecule has 0 spiro atoms. The maximum absolute atomic E-state index is 12.0. The van der Waals surface area contributed by atoms with Gasteiger partial charge in [-0.15, -0.1) is 0 Å². The summed E-state index contributed by atoms with van der Waals surface area (Å²) in [7, 11) is 0. The monoisotopic (exact) mass is 498 g/mol. The van der Waals surface area contributed by atoms with Crippen LogP contribution in [0.3, 0.4) is 0 Å². The molecule has 1 rings (SSSR count). The molecule has 3 atom stereocenters. The van der Waals surface area contributed by atoms with Crippen LogP contribution in [0.15, 0.2) is 0 Å². The van der Waals surface area contributed by atoms with Crippen molar-refractivity contribution in [3.63, 3.8) is 0 Å². The standard InChI is InChI=1S/C28H54N2O5/c1-3-5-6-7-8-9-10-11-12-13-16-24(4-2)18-20-33-22-25(30-27(32)21-26(29)31)23-35-28-17-14-15-19-34-28/h24-25,28H,3-23H2,1-2H3,(H2,29,31)(H,30,32). The van der Waals surface area contributed by atoms with E-state index in [0.29, 0.717) is 32.3 Å². The topological polar surface area (TPSA) is 99.9 Å². The minimum absolute atomic E-state index is 0.232. The number of nitrogens with two attached hydrogens (primary N) is 1. The van der Waals surface area contributed by atoms with Crippen molar-refractivity contribution >= 4 is 11.8 Å². The molecule has 1 fully saturated rings. The number of ether oxygens (including phenoxy) is 3. The van der Waals surface area contributed by atoms with E-state index in [9.17, 15) is 9.59 Å². The Hall–Kier alpha value is -1.18. The Morgan fingerprint density at radius 2 is 1.63 bits per heavy atom. The van der Waals surface area contributed by atoms with Crippen molar-refractivity contribution in [1.82, 2.24) is 5.32 Å². The number of nitrogens with one attached hydrogen (secondary N) is 1. The van der Waals surface area contributed by atoms with Gasteiger partial charge < -0.3 is 25.3 Å². The third kappa shape index (κ3) is 18.7. The second-order valence-electron chi connectivity index (χ2n) is 10.1. The average Bonchev–Trinajstić information content (AvgIpc) is 2.84. The van der Waals surface area contributed by atoms with Gasteiger partial charge in [0.2, 0.25) is 11.8 Å². The van der Waals surface area contributed by atoms with Crippen molar-refractivity contribution in [2.24, 2.45) is 11.7 Å². The zero-order chi connectivity index (χ0) is 25.6. The molecule has 7 nitrogen and oxygen atoms in total. The summed E-state index contributed by atoms with van der Waals surface area (Å²) in [6.45, 7) is 6.54. The van der Waals surface area contributed by atoms with E-state index in [1.165, 1.54) is 77.0 Å². The fraction of sp³-hybridized carbons (Fsp3) is 0.929. The molecule has 0 saturated carbocycles. The van der Waals surface area contributed by atoms with Crippen LogP contribution >= 0.6 is 0 Å². The molecule has 7 heteroatoms. The molecule has 0 aromatic carbocycles. The van der Waals surface area contributed by atoms with Gasteiger partial charge in [0.1, 0.15) is 6.42 Å². The largest absolute Gasteiger partial charge is 0.379 e. The third-order valence-electron chi connectivity index (χ3n) is 6.85. The van der Waals surface area contributed by atoms with Crippen molar-refractivity contribution < 1.29 is 23.8 Å². The van der Waals surface area contributed by atoms with Crippen LogP contribution in [0.2, 0.25) is 0 Å². The molecule has 0 bridgehead atoms. The molecule has 3 N–H and O–H groups in total. The zero-order valence-corrected chi connectivity index (χ0v) is 22.7. The smallest absolute Gasteiger partial charge is 0.229 e. The lowest BCUT2D eigenvalue weighted by molar-refractivity contribution is -0.168. The van der Waals surface area contributed by atoms with Crippen LogP contribution in [0.4, 0.5) is 0 Å². The summed E-state index contributed by atoms with van der Waals surface area (Å²) in [4.78, 5) is 23.1. The van der Waals surface area contributed by atoms with Crippen LogP contribution in [0.25, 0.3) is 0 Å². The number of carbonyl (C=O) groups is 2. The Morgan fingerprint density at radius 1 is 0.943 bits per heavy atom. The summed E-state index contributed by atoms with van der Waals surface area (Å²) in [6.07, 6.45) is 19.6. The van der Waals surface area contributed by atoms with E-state index in [1.54, 1.807) is 0 Å². The summed E-state index contributed by atoms with van der Waals surface area (Å²) < 4.78 is 17.4. The number of unbranched alkanes of at least 4 members (excludes halogenated alkanes) is 9. The fourth-order valence-electron chi connectivity index (χ4n) is 4.58. The van der Waals surface area contributed by atoms with E-state index in [4.69, 9.17) is 19.9 Å². The summed E-state index contributed by atoms with van der Waals surface area (Å²) in [5.74, 6) is -0.359. The lowest BCUT2D eigenvalue weighted by Crippen LogP contribution is -2.44. The van der Waals surface area contributed by atoms with E-state index < -0.39 is 11.8 Å². The van der Waals surface area contributed by atoms with Crippen LogP contribution in [0.1, 0.15) is 123 Å². The fourth-order valence-corrected chi connectivity index (χ4v) is 4.58. The minimum atomic E-state index is -0.642. The van der Waals surface area contributed by atoms with Gasteiger partial charge in [0.05, 0.1) is 19.3 Å². The molecule has 0 radical (unpaired) electrons. The summed E-state index contributed by atoms with van der Waals surface area (Å²) in [6, 6.07) is -0.325. The first-order chi connectivity index (χ1) is 17.0. The van der Waals surface area contributed by atoms with Crippen molar-refractivity contribution in [2.45, 2.75) is 135 Å². The molecular formula is C28H54N2O5. The quantitative estimate of drug-likeness (QED) is 0.140. The van der Waals surface area contributed by atoms with Gasteiger partial charge in [-0.25, -0.2) is 0 Å². The second-order valence-corrected chi connectivity index (χ2v) is 10.1. The van der Waals surface area contributed by atoms with Crippen LogP contribution in [0.5, 0.6) is 0 Å². The zero-order valence-electron chi connectivity index (χ0n) is 22.7.